The Morgan fingerprint density at radius 1 is 1.47 bits per heavy atom. The molecule has 2 aromatic heterocycles. The van der Waals surface area contributed by atoms with E-state index in [1.54, 1.807) is 17.7 Å². The normalized spacial score (nSPS) is 10.5. The Hall–Kier alpha value is -1.20. The summed E-state index contributed by atoms with van der Waals surface area (Å²) >= 11 is 2.94. The monoisotopic (exact) mass is 240 g/mol. The van der Waals surface area contributed by atoms with Gasteiger partial charge in [0.25, 0.3) is 0 Å². The third-order valence-electron chi connectivity index (χ3n) is 1.96. The standard InChI is InChI=1S/C10H8O3S2/c1-2-13-9(12)7-5-15-10-8(7)6(3-11)4-14-10/h3-5H,2H2,1H3. The summed E-state index contributed by atoms with van der Waals surface area (Å²) in [5.74, 6) is -0.356. The first-order valence-corrected chi connectivity index (χ1v) is 6.14. The van der Waals surface area contributed by atoms with Crippen molar-refractivity contribution in [1.82, 2.24) is 0 Å². The summed E-state index contributed by atoms with van der Waals surface area (Å²) in [5, 5.41) is 4.24. The Bertz CT molecular complexity index is 510. The highest BCUT2D eigenvalue weighted by Gasteiger charge is 2.17. The molecule has 15 heavy (non-hydrogen) atoms. The molecule has 78 valence electrons. The Morgan fingerprint density at radius 3 is 2.87 bits per heavy atom. The summed E-state index contributed by atoms with van der Waals surface area (Å²) in [5.41, 5.74) is 1.07. The highest BCUT2D eigenvalue weighted by molar-refractivity contribution is 7.37. The smallest absolute Gasteiger partial charge is 0.339 e. The van der Waals surface area contributed by atoms with Crippen molar-refractivity contribution >= 4 is 44.3 Å². The van der Waals surface area contributed by atoms with Gasteiger partial charge in [0.2, 0.25) is 0 Å². The first-order valence-electron chi connectivity index (χ1n) is 4.39. The molecule has 0 spiro atoms. The predicted octanol–water partition coefficient (Wildman–Crippen LogP) is 2.95. The van der Waals surface area contributed by atoms with Gasteiger partial charge in [0.05, 0.1) is 16.2 Å². The van der Waals surface area contributed by atoms with Gasteiger partial charge in [-0.25, -0.2) is 4.79 Å². The average molecular weight is 240 g/mol. The maximum absolute atomic E-state index is 11.6. The molecule has 2 heterocycles. The lowest BCUT2D eigenvalue weighted by Gasteiger charge is -1.98. The largest absolute Gasteiger partial charge is 0.462 e. The van der Waals surface area contributed by atoms with Gasteiger partial charge in [-0.15, -0.1) is 22.7 Å². The van der Waals surface area contributed by atoms with Crippen molar-refractivity contribution in [2.45, 2.75) is 6.92 Å². The van der Waals surface area contributed by atoms with Crippen LogP contribution in [0.25, 0.3) is 9.40 Å². The molecule has 0 aliphatic heterocycles. The molecule has 2 aromatic rings. The lowest BCUT2D eigenvalue weighted by molar-refractivity contribution is 0.0529. The van der Waals surface area contributed by atoms with Crippen LogP contribution in [-0.4, -0.2) is 18.9 Å². The van der Waals surface area contributed by atoms with Crippen LogP contribution >= 0.6 is 22.7 Å². The van der Waals surface area contributed by atoms with Gasteiger partial charge in [-0.2, -0.15) is 0 Å². The maximum atomic E-state index is 11.6. The predicted molar refractivity (Wildman–Crippen MR) is 61.0 cm³/mol. The van der Waals surface area contributed by atoms with Crippen LogP contribution in [0.2, 0.25) is 0 Å². The SMILES string of the molecule is CCOC(=O)c1csc2scc(C=O)c12. The number of thiophene rings is 2. The number of rotatable bonds is 3. The number of esters is 1. The van der Waals surface area contributed by atoms with Gasteiger partial charge in [0, 0.05) is 21.7 Å². The molecule has 5 heteroatoms. The minimum atomic E-state index is -0.356. The quantitative estimate of drug-likeness (QED) is 0.612. The molecule has 0 aliphatic carbocycles. The van der Waals surface area contributed by atoms with Gasteiger partial charge < -0.3 is 4.74 Å². The van der Waals surface area contributed by atoms with Crippen LogP contribution in [0, 0.1) is 0 Å². The summed E-state index contributed by atoms with van der Waals surface area (Å²) in [6, 6.07) is 0. The van der Waals surface area contributed by atoms with Crippen molar-refractivity contribution in [3.8, 4) is 0 Å². The Morgan fingerprint density at radius 2 is 2.20 bits per heavy atom. The van der Waals surface area contributed by atoms with Crippen LogP contribution in [0.3, 0.4) is 0 Å². The molecule has 2 rings (SSSR count). The van der Waals surface area contributed by atoms with E-state index >= 15 is 0 Å². The number of aldehydes is 1. The zero-order valence-electron chi connectivity index (χ0n) is 7.98. The van der Waals surface area contributed by atoms with E-state index in [1.165, 1.54) is 22.7 Å². The number of carbonyl (C=O) groups is 2. The van der Waals surface area contributed by atoms with Crippen molar-refractivity contribution in [1.29, 1.82) is 0 Å². The highest BCUT2D eigenvalue weighted by atomic mass is 32.2. The molecule has 0 fully saturated rings. The minimum Gasteiger partial charge on any atom is -0.462 e. The molecule has 0 bridgehead atoms. The Balaban J connectivity index is 2.55. The van der Waals surface area contributed by atoms with Crippen molar-refractivity contribution in [3.63, 3.8) is 0 Å². The lowest BCUT2D eigenvalue weighted by atomic mass is 10.2. The topological polar surface area (TPSA) is 43.4 Å². The fourth-order valence-corrected chi connectivity index (χ4v) is 3.37. The van der Waals surface area contributed by atoms with Crippen molar-refractivity contribution in [2.24, 2.45) is 0 Å². The van der Waals surface area contributed by atoms with Crippen LogP contribution < -0.4 is 0 Å². The average Bonchev–Trinajstić information content (AvgIpc) is 2.77. The minimum absolute atomic E-state index is 0.344. The Kier molecular flexibility index (Phi) is 2.83. The number of fused-ring (bicyclic) bond motifs is 1. The molecule has 0 radical (unpaired) electrons. The first kappa shape index (κ1) is 10.3. The van der Waals surface area contributed by atoms with E-state index in [1.807, 2.05) is 0 Å². The molecule has 0 saturated heterocycles. The fourth-order valence-electron chi connectivity index (χ4n) is 1.32. The van der Waals surface area contributed by atoms with Gasteiger partial charge in [0.15, 0.2) is 6.29 Å². The number of carbonyl (C=O) groups excluding carboxylic acids is 2. The fraction of sp³-hybridized carbons (Fsp3) is 0.200. The van der Waals surface area contributed by atoms with Gasteiger partial charge in [0.1, 0.15) is 0 Å². The van der Waals surface area contributed by atoms with E-state index < -0.39 is 0 Å². The molecule has 0 amide bonds. The van der Waals surface area contributed by atoms with E-state index in [0.717, 1.165) is 15.7 Å². The van der Waals surface area contributed by atoms with Crippen LogP contribution in [0.15, 0.2) is 10.8 Å². The van der Waals surface area contributed by atoms with E-state index in [4.69, 9.17) is 4.74 Å². The molecular weight excluding hydrogens is 232 g/mol. The van der Waals surface area contributed by atoms with Crippen molar-refractivity contribution in [3.05, 3.63) is 21.9 Å². The maximum Gasteiger partial charge on any atom is 0.339 e. The number of ether oxygens (including phenoxy) is 1. The van der Waals surface area contributed by atoms with Crippen molar-refractivity contribution < 1.29 is 14.3 Å². The van der Waals surface area contributed by atoms with Crippen molar-refractivity contribution in [2.75, 3.05) is 6.61 Å². The van der Waals surface area contributed by atoms with Crippen LogP contribution in [0.4, 0.5) is 0 Å². The molecule has 0 unspecified atom stereocenters. The molecule has 0 atom stereocenters. The van der Waals surface area contributed by atoms with Crippen LogP contribution in [0.5, 0.6) is 0 Å². The van der Waals surface area contributed by atoms with Gasteiger partial charge in [-0.3, -0.25) is 4.79 Å². The molecule has 3 nitrogen and oxygen atoms in total. The Labute approximate surface area is 94.3 Å². The summed E-state index contributed by atoms with van der Waals surface area (Å²) in [7, 11) is 0. The zero-order chi connectivity index (χ0) is 10.8. The second kappa shape index (κ2) is 4.12. The lowest BCUT2D eigenvalue weighted by Crippen LogP contribution is -2.03. The summed E-state index contributed by atoms with van der Waals surface area (Å²) < 4.78 is 5.91. The third kappa shape index (κ3) is 1.68. The summed E-state index contributed by atoms with van der Waals surface area (Å²) in [6.07, 6.45) is 0.772. The molecule has 0 N–H and O–H groups in total. The van der Waals surface area contributed by atoms with Gasteiger partial charge >= 0.3 is 5.97 Å². The molecular formula is C10H8O3S2. The first-order chi connectivity index (χ1) is 7.27. The van der Waals surface area contributed by atoms with Gasteiger partial charge in [-0.1, -0.05) is 0 Å². The second-order valence-electron chi connectivity index (χ2n) is 2.84. The zero-order valence-corrected chi connectivity index (χ0v) is 9.61. The van der Waals surface area contributed by atoms with Crippen LogP contribution in [-0.2, 0) is 4.74 Å². The molecule has 0 saturated carbocycles. The number of hydrogen-bond acceptors (Lipinski definition) is 5. The van der Waals surface area contributed by atoms with E-state index in [2.05, 4.69) is 0 Å². The van der Waals surface area contributed by atoms with Crippen LogP contribution in [0.1, 0.15) is 27.6 Å². The highest BCUT2D eigenvalue weighted by Crippen LogP contribution is 2.34. The summed E-state index contributed by atoms with van der Waals surface area (Å²) in [6.45, 7) is 2.10. The molecule has 0 aromatic carbocycles. The molecule has 0 aliphatic rings. The van der Waals surface area contributed by atoms with E-state index in [9.17, 15) is 9.59 Å². The third-order valence-corrected chi connectivity index (χ3v) is 4.10. The number of hydrogen-bond donors (Lipinski definition) is 0. The van der Waals surface area contributed by atoms with E-state index in [-0.39, 0.29) is 5.97 Å². The van der Waals surface area contributed by atoms with Gasteiger partial charge in [-0.05, 0) is 6.92 Å². The van der Waals surface area contributed by atoms with E-state index in [0.29, 0.717) is 17.7 Å². The summed E-state index contributed by atoms with van der Waals surface area (Å²) in [4.78, 5) is 22.3. The second-order valence-corrected chi connectivity index (χ2v) is 4.86.